The van der Waals surface area contributed by atoms with Gasteiger partial charge in [-0.25, -0.2) is 0 Å². The van der Waals surface area contributed by atoms with Crippen LogP contribution in [0.15, 0.2) is 53.0 Å². The first-order valence-corrected chi connectivity index (χ1v) is 6.32. The number of imide groups is 1. The highest BCUT2D eigenvalue weighted by atomic mass is 79.9. The molecule has 0 aliphatic rings. The molecule has 3 N–H and O–H groups in total. The topological polar surface area (TPSA) is 72.2 Å². The Morgan fingerprint density at radius 2 is 1.58 bits per heavy atom. The third-order valence-corrected chi connectivity index (χ3v) is 3.01. The molecule has 2 aromatic rings. The molecule has 2 rings (SSSR count). The number of rotatable bonds is 2. The number of nitrogens with two attached hydrogens (primary N) is 1. The lowest BCUT2D eigenvalue weighted by molar-refractivity contribution is 0.0849. The van der Waals surface area contributed by atoms with Gasteiger partial charge in [0.1, 0.15) is 0 Å². The second-order valence-electron chi connectivity index (χ2n) is 3.92. The summed E-state index contributed by atoms with van der Waals surface area (Å²) in [5, 5.41) is 2.31. The number of nitrogen functional groups attached to an aromatic ring is 1. The van der Waals surface area contributed by atoms with Crippen LogP contribution in [-0.4, -0.2) is 11.8 Å². The second kappa shape index (κ2) is 5.67. The van der Waals surface area contributed by atoms with Crippen LogP contribution in [-0.2, 0) is 0 Å². The standard InChI is InChI=1S/C14H11BrN2O2/c15-11-6-4-9(5-7-11)13(18)17-14(19)10-2-1-3-12(16)8-10/h1-8H,16H2,(H,17,18,19). The number of carbonyl (C=O) groups is 2. The van der Waals surface area contributed by atoms with Crippen molar-refractivity contribution in [1.82, 2.24) is 5.32 Å². The van der Waals surface area contributed by atoms with Crippen molar-refractivity contribution in [2.45, 2.75) is 0 Å². The van der Waals surface area contributed by atoms with Gasteiger partial charge in [0.05, 0.1) is 0 Å². The Morgan fingerprint density at radius 3 is 2.21 bits per heavy atom. The van der Waals surface area contributed by atoms with Crippen LogP contribution < -0.4 is 11.1 Å². The van der Waals surface area contributed by atoms with E-state index in [1.54, 1.807) is 42.5 Å². The van der Waals surface area contributed by atoms with Crippen LogP contribution in [0.5, 0.6) is 0 Å². The first kappa shape index (κ1) is 13.3. The average Bonchev–Trinajstić information content (AvgIpc) is 2.39. The molecule has 0 heterocycles. The zero-order valence-electron chi connectivity index (χ0n) is 9.89. The predicted octanol–water partition coefficient (Wildman–Crippen LogP) is 2.60. The quantitative estimate of drug-likeness (QED) is 0.660. The van der Waals surface area contributed by atoms with Gasteiger partial charge in [-0.2, -0.15) is 0 Å². The first-order chi connectivity index (χ1) is 9.06. The largest absolute Gasteiger partial charge is 0.399 e. The van der Waals surface area contributed by atoms with Crippen LogP contribution in [0.25, 0.3) is 0 Å². The summed E-state index contributed by atoms with van der Waals surface area (Å²) in [6, 6.07) is 13.2. The van der Waals surface area contributed by atoms with Gasteiger partial charge in [0.25, 0.3) is 11.8 Å². The molecule has 0 saturated heterocycles. The number of nitrogens with one attached hydrogen (secondary N) is 1. The molecule has 96 valence electrons. The fourth-order valence-electron chi connectivity index (χ4n) is 1.53. The molecular formula is C14H11BrN2O2. The molecule has 0 saturated carbocycles. The van der Waals surface area contributed by atoms with Gasteiger partial charge in [0.2, 0.25) is 0 Å². The third-order valence-electron chi connectivity index (χ3n) is 2.48. The van der Waals surface area contributed by atoms with E-state index in [0.717, 1.165) is 4.47 Å². The van der Waals surface area contributed by atoms with Crippen molar-refractivity contribution in [3.05, 3.63) is 64.1 Å². The van der Waals surface area contributed by atoms with Gasteiger partial charge in [-0.15, -0.1) is 0 Å². The molecule has 0 aromatic heterocycles. The van der Waals surface area contributed by atoms with Crippen LogP contribution in [0.1, 0.15) is 20.7 Å². The number of hydrogen-bond acceptors (Lipinski definition) is 3. The molecule has 0 radical (unpaired) electrons. The Morgan fingerprint density at radius 1 is 0.947 bits per heavy atom. The number of halogens is 1. The van der Waals surface area contributed by atoms with Crippen molar-refractivity contribution in [1.29, 1.82) is 0 Å². The monoisotopic (exact) mass is 318 g/mol. The van der Waals surface area contributed by atoms with Gasteiger partial charge >= 0.3 is 0 Å². The lowest BCUT2D eigenvalue weighted by Gasteiger charge is -2.05. The maximum absolute atomic E-state index is 11.9. The highest BCUT2D eigenvalue weighted by molar-refractivity contribution is 9.10. The molecule has 19 heavy (non-hydrogen) atoms. The Balaban J connectivity index is 2.11. The predicted molar refractivity (Wildman–Crippen MR) is 76.8 cm³/mol. The van der Waals surface area contributed by atoms with Crippen molar-refractivity contribution < 1.29 is 9.59 Å². The van der Waals surface area contributed by atoms with E-state index in [-0.39, 0.29) is 0 Å². The molecule has 0 atom stereocenters. The van der Waals surface area contributed by atoms with E-state index in [2.05, 4.69) is 21.2 Å². The summed E-state index contributed by atoms with van der Waals surface area (Å²) in [5.74, 6) is -0.917. The van der Waals surface area contributed by atoms with Gasteiger partial charge in [-0.3, -0.25) is 14.9 Å². The molecule has 4 nitrogen and oxygen atoms in total. The number of anilines is 1. The van der Waals surface area contributed by atoms with Crippen LogP contribution >= 0.6 is 15.9 Å². The SMILES string of the molecule is Nc1cccc(C(=O)NC(=O)c2ccc(Br)cc2)c1. The normalized spacial score (nSPS) is 9.95. The summed E-state index contributed by atoms with van der Waals surface area (Å²) in [6.45, 7) is 0. The molecule has 2 amide bonds. The Labute approximate surface area is 118 Å². The lowest BCUT2D eigenvalue weighted by atomic mass is 10.1. The molecule has 2 aromatic carbocycles. The van der Waals surface area contributed by atoms with E-state index < -0.39 is 11.8 Å². The number of amides is 2. The summed E-state index contributed by atoms with van der Waals surface area (Å²) >= 11 is 3.28. The van der Waals surface area contributed by atoms with E-state index in [1.165, 1.54) is 6.07 Å². The molecule has 0 bridgehead atoms. The van der Waals surface area contributed by atoms with Gasteiger partial charge in [-0.1, -0.05) is 22.0 Å². The summed E-state index contributed by atoms with van der Waals surface area (Å²) in [4.78, 5) is 23.7. The van der Waals surface area contributed by atoms with Gasteiger partial charge < -0.3 is 5.73 Å². The fourth-order valence-corrected chi connectivity index (χ4v) is 1.79. The summed E-state index contributed by atoms with van der Waals surface area (Å²) in [6.07, 6.45) is 0. The van der Waals surface area contributed by atoms with Crippen LogP contribution in [0, 0.1) is 0 Å². The fraction of sp³-hybridized carbons (Fsp3) is 0. The lowest BCUT2D eigenvalue weighted by Crippen LogP contribution is -2.30. The number of hydrogen-bond donors (Lipinski definition) is 2. The maximum Gasteiger partial charge on any atom is 0.258 e. The summed E-state index contributed by atoms with van der Waals surface area (Å²) < 4.78 is 0.867. The zero-order valence-corrected chi connectivity index (χ0v) is 11.5. The van der Waals surface area contributed by atoms with Crippen molar-refractivity contribution in [2.24, 2.45) is 0 Å². The average molecular weight is 319 g/mol. The van der Waals surface area contributed by atoms with E-state index >= 15 is 0 Å². The molecule has 0 spiro atoms. The number of carbonyl (C=O) groups excluding carboxylic acids is 2. The van der Waals surface area contributed by atoms with E-state index in [9.17, 15) is 9.59 Å². The molecule has 0 unspecified atom stereocenters. The van der Waals surface area contributed by atoms with E-state index in [1.807, 2.05) is 0 Å². The van der Waals surface area contributed by atoms with Gasteiger partial charge in [-0.05, 0) is 42.5 Å². The van der Waals surface area contributed by atoms with Crippen LogP contribution in [0.2, 0.25) is 0 Å². The van der Waals surface area contributed by atoms with Gasteiger partial charge in [0.15, 0.2) is 0 Å². The number of benzene rings is 2. The minimum Gasteiger partial charge on any atom is -0.399 e. The minimum atomic E-state index is -0.472. The zero-order chi connectivity index (χ0) is 13.8. The van der Waals surface area contributed by atoms with E-state index in [0.29, 0.717) is 16.8 Å². The third kappa shape index (κ3) is 3.42. The minimum absolute atomic E-state index is 0.352. The van der Waals surface area contributed by atoms with E-state index in [4.69, 9.17) is 5.73 Å². The Hall–Kier alpha value is -2.14. The molecular weight excluding hydrogens is 308 g/mol. The second-order valence-corrected chi connectivity index (χ2v) is 4.83. The summed E-state index contributed by atoms with van der Waals surface area (Å²) in [5.41, 5.74) is 6.83. The highest BCUT2D eigenvalue weighted by Crippen LogP contribution is 2.11. The van der Waals surface area contributed by atoms with Crippen LogP contribution in [0.3, 0.4) is 0 Å². The van der Waals surface area contributed by atoms with Gasteiger partial charge in [0, 0.05) is 21.3 Å². The Kier molecular flexibility index (Phi) is 3.97. The Bertz CT molecular complexity index is 624. The first-order valence-electron chi connectivity index (χ1n) is 5.53. The molecule has 0 aliphatic carbocycles. The van der Waals surface area contributed by atoms with Crippen molar-refractivity contribution in [2.75, 3.05) is 5.73 Å². The summed E-state index contributed by atoms with van der Waals surface area (Å²) in [7, 11) is 0. The smallest absolute Gasteiger partial charge is 0.258 e. The maximum atomic E-state index is 11.9. The molecule has 0 aliphatic heterocycles. The van der Waals surface area contributed by atoms with Crippen molar-refractivity contribution in [3.63, 3.8) is 0 Å². The van der Waals surface area contributed by atoms with Crippen molar-refractivity contribution in [3.8, 4) is 0 Å². The van der Waals surface area contributed by atoms with Crippen LogP contribution in [0.4, 0.5) is 5.69 Å². The highest BCUT2D eigenvalue weighted by Gasteiger charge is 2.12. The van der Waals surface area contributed by atoms with Crippen molar-refractivity contribution >= 4 is 33.4 Å². The molecule has 0 fully saturated rings. The molecule has 5 heteroatoms.